The zero-order valence-corrected chi connectivity index (χ0v) is 12.7. The number of hydrogen-bond donors (Lipinski definition) is 1. The molecule has 6 nitrogen and oxygen atoms in total. The van der Waals surface area contributed by atoms with Crippen LogP contribution in [0.15, 0.2) is 12.4 Å². The fourth-order valence-corrected chi connectivity index (χ4v) is 2.08. The van der Waals surface area contributed by atoms with Crippen LogP contribution in [0.1, 0.15) is 31.3 Å². The van der Waals surface area contributed by atoms with Crippen molar-refractivity contribution in [3.63, 3.8) is 0 Å². The van der Waals surface area contributed by atoms with E-state index in [4.69, 9.17) is 0 Å². The van der Waals surface area contributed by atoms with Crippen LogP contribution < -0.4 is 10.2 Å². The molecular formula is C14H23N5O. The number of rotatable bonds is 2. The summed E-state index contributed by atoms with van der Waals surface area (Å²) in [7, 11) is 2.11. The van der Waals surface area contributed by atoms with Gasteiger partial charge in [0, 0.05) is 37.8 Å². The van der Waals surface area contributed by atoms with Gasteiger partial charge in [-0.15, -0.1) is 0 Å². The van der Waals surface area contributed by atoms with Crippen molar-refractivity contribution < 1.29 is 4.79 Å². The number of nitrogens with zero attached hydrogens (tertiary/aromatic N) is 4. The molecule has 1 fully saturated rings. The standard InChI is InChI=1S/C14H23N5O/c1-14(2,3)17-13(20)11-9-12(16-10-15-11)19-7-5-18(4)6-8-19/h9-10H,5-8H2,1-4H3,(H,17,20). The Balaban J connectivity index is 2.10. The van der Waals surface area contributed by atoms with Gasteiger partial charge in [0.05, 0.1) is 0 Å². The molecule has 1 saturated heterocycles. The first-order valence-corrected chi connectivity index (χ1v) is 6.93. The third kappa shape index (κ3) is 3.90. The minimum Gasteiger partial charge on any atom is -0.354 e. The third-order valence-corrected chi connectivity index (χ3v) is 3.20. The zero-order chi connectivity index (χ0) is 14.8. The fourth-order valence-electron chi connectivity index (χ4n) is 2.08. The van der Waals surface area contributed by atoms with E-state index in [-0.39, 0.29) is 11.4 Å². The molecule has 1 aromatic heterocycles. The normalized spacial score (nSPS) is 17.1. The van der Waals surface area contributed by atoms with Crippen molar-refractivity contribution >= 4 is 11.7 Å². The molecule has 20 heavy (non-hydrogen) atoms. The number of nitrogens with one attached hydrogen (secondary N) is 1. The number of anilines is 1. The summed E-state index contributed by atoms with van der Waals surface area (Å²) in [5, 5.41) is 2.92. The number of carbonyl (C=O) groups is 1. The molecule has 0 spiro atoms. The molecule has 0 atom stereocenters. The molecule has 0 radical (unpaired) electrons. The first-order valence-electron chi connectivity index (χ1n) is 6.93. The molecule has 1 amide bonds. The van der Waals surface area contributed by atoms with E-state index in [1.54, 1.807) is 6.07 Å². The molecule has 110 valence electrons. The van der Waals surface area contributed by atoms with Crippen molar-refractivity contribution in [3.05, 3.63) is 18.1 Å². The minimum atomic E-state index is -0.268. The maximum atomic E-state index is 12.1. The Kier molecular flexibility index (Phi) is 4.23. The molecule has 1 aliphatic rings. The van der Waals surface area contributed by atoms with Gasteiger partial charge < -0.3 is 15.1 Å². The van der Waals surface area contributed by atoms with Crippen molar-refractivity contribution in [1.29, 1.82) is 0 Å². The van der Waals surface area contributed by atoms with Gasteiger partial charge in [-0.1, -0.05) is 0 Å². The molecule has 0 saturated carbocycles. The SMILES string of the molecule is CN1CCN(c2cc(C(=O)NC(C)(C)C)ncn2)CC1. The van der Waals surface area contributed by atoms with E-state index in [1.807, 2.05) is 20.8 Å². The Bertz CT molecular complexity index is 475. The summed E-state index contributed by atoms with van der Waals surface area (Å²) < 4.78 is 0. The molecule has 0 aromatic carbocycles. The summed E-state index contributed by atoms with van der Waals surface area (Å²) in [4.78, 5) is 24.9. The van der Waals surface area contributed by atoms with Gasteiger partial charge in [0.15, 0.2) is 0 Å². The summed E-state index contributed by atoms with van der Waals surface area (Å²) in [5.74, 6) is 0.669. The van der Waals surface area contributed by atoms with Crippen LogP contribution in [0, 0.1) is 0 Å². The van der Waals surface area contributed by atoms with Crippen molar-refractivity contribution in [2.75, 3.05) is 38.1 Å². The zero-order valence-electron chi connectivity index (χ0n) is 12.7. The summed E-state index contributed by atoms with van der Waals surface area (Å²) in [6.45, 7) is 9.72. The van der Waals surface area contributed by atoms with E-state index in [0.29, 0.717) is 5.69 Å². The van der Waals surface area contributed by atoms with E-state index in [0.717, 1.165) is 32.0 Å². The van der Waals surface area contributed by atoms with Crippen LogP contribution in [0.2, 0.25) is 0 Å². The second kappa shape index (κ2) is 5.75. The minimum absolute atomic E-state index is 0.157. The van der Waals surface area contributed by atoms with E-state index in [2.05, 4.69) is 32.1 Å². The average molecular weight is 277 g/mol. The lowest BCUT2D eigenvalue weighted by Crippen LogP contribution is -2.45. The average Bonchev–Trinajstić information content (AvgIpc) is 2.38. The second-order valence-electron chi connectivity index (χ2n) is 6.26. The van der Waals surface area contributed by atoms with Crippen molar-refractivity contribution in [2.45, 2.75) is 26.3 Å². The monoisotopic (exact) mass is 277 g/mol. The molecule has 0 bridgehead atoms. The highest BCUT2D eigenvalue weighted by Gasteiger charge is 2.19. The van der Waals surface area contributed by atoms with Gasteiger partial charge >= 0.3 is 0 Å². The Morgan fingerprint density at radius 2 is 1.85 bits per heavy atom. The maximum absolute atomic E-state index is 12.1. The molecule has 0 unspecified atom stereocenters. The lowest BCUT2D eigenvalue weighted by molar-refractivity contribution is 0.0914. The van der Waals surface area contributed by atoms with Gasteiger partial charge in [-0.3, -0.25) is 4.79 Å². The van der Waals surface area contributed by atoms with Crippen molar-refractivity contribution in [1.82, 2.24) is 20.2 Å². The number of carbonyl (C=O) groups excluding carboxylic acids is 1. The topological polar surface area (TPSA) is 61.4 Å². The molecule has 1 aromatic rings. The molecule has 1 aliphatic heterocycles. The van der Waals surface area contributed by atoms with Crippen molar-refractivity contribution in [2.24, 2.45) is 0 Å². The predicted molar refractivity (Wildman–Crippen MR) is 79.0 cm³/mol. The highest BCUT2D eigenvalue weighted by molar-refractivity contribution is 5.93. The Morgan fingerprint density at radius 3 is 2.45 bits per heavy atom. The summed E-state index contributed by atoms with van der Waals surface area (Å²) >= 11 is 0. The summed E-state index contributed by atoms with van der Waals surface area (Å²) in [5.41, 5.74) is 0.152. The second-order valence-corrected chi connectivity index (χ2v) is 6.26. The molecule has 2 heterocycles. The van der Waals surface area contributed by atoms with E-state index < -0.39 is 0 Å². The number of likely N-dealkylation sites (N-methyl/N-ethyl adjacent to an activating group) is 1. The van der Waals surface area contributed by atoms with E-state index >= 15 is 0 Å². The third-order valence-electron chi connectivity index (χ3n) is 3.20. The van der Waals surface area contributed by atoms with E-state index in [9.17, 15) is 4.79 Å². The number of amides is 1. The Hall–Kier alpha value is -1.69. The maximum Gasteiger partial charge on any atom is 0.270 e. The van der Waals surface area contributed by atoms with Crippen LogP contribution in [0.3, 0.4) is 0 Å². The van der Waals surface area contributed by atoms with Crippen LogP contribution >= 0.6 is 0 Å². The highest BCUT2D eigenvalue weighted by atomic mass is 16.2. The first kappa shape index (κ1) is 14.7. The van der Waals surface area contributed by atoms with Crippen LogP contribution in [0.4, 0.5) is 5.82 Å². The Morgan fingerprint density at radius 1 is 1.20 bits per heavy atom. The van der Waals surface area contributed by atoms with Crippen molar-refractivity contribution in [3.8, 4) is 0 Å². The molecule has 0 aliphatic carbocycles. The highest BCUT2D eigenvalue weighted by Crippen LogP contribution is 2.14. The fraction of sp³-hybridized carbons (Fsp3) is 0.643. The predicted octanol–water partition coefficient (Wildman–Crippen LogP) is 0.757. The number of hydrogen-bond acceptors (Lipinski definition) is 5. The van der Waals surface area contributed by atoms with Gasteiger partial charge in [-0.05, 0) is 27.8 Å². The van der Waals surface area contributed by atoms with Gasteiger partial charge in [0.2, 0.25) is 0 Å². The lowest BCUT2D eigenvalue weighted by atomic mass is 10.1. The summed E-state index contributed by atoms with van der Waals surface area (Å²) in [6, 6.07) is 1.77. The van der Waals surface area contributed by atoms with Gasteiger partial charge in [-0.2, -0.15) is 0 Å². The van der Waals surface area contributed by atoms with Crippen LogP contribution in [0.5, 0.6) is 0 Å². The van der Waals surface area contributed by atoms with Crippen LogP contribution in [-0.2, 0) is 0 Å². The largest absolute Gasteiger partial charge is 0.354 e. The smallest absolute Gasteiger partial charge is 0.270 e. The van der Waals surface area contributed by atoms with Crippen LogP contribution in [-0.4, -0.2) is 59.5 Å². The number of aromatic nitrogens is 2. The van der Waals surface area contributed by atoms with Crippen LogP contribution in [0.25, 0.3) is 0 Å². The lowest BCUT2D eigenvalue weighted by Gasteiger charge is -2.33. The molecule has 6 heteroatoms. The Labute approximate surface area is 120 Å². The molecule has 1 N–H and O–H groups in total. The van der Waals surface area contributed by atoms with E-state index in [1.165, 1.54) is 6.33 Å². The first-order chi connectivity index (χ1) is 9.35. The van der Waals surface area contributed by atoms with Gasteiger partial charge in [0.25, 0.3) is 5.91 Å². The quantitative estimate of drug-likeness (QED) is 0.864. The van der Waals surface area contributed by atoms with Gasteiger partial charge in [-0.25, -0.2) is 9.97 Å². The molecule has 2 rings (SSSR count). The molecular weight excluding hydrogens is 254 g/mol. The summed E-state index contributed by atoms with van der Waals surface area (Å²) in [6.07, 6.45) is 1.46. The number of piperazine rings is 1. The van der Waals surface area contributed by atoms with Gasteiger partial charge in [0.1, 0.15) is 17.8 Å².